The lowest BCUT2D eigenvalue weighted by molar-refractivity contribution is -0.385. The van der Waals surface area contributed by atoms with E-state index in [4.69, 9.17) is 5.73 Å². The van der Waals surface area contributed by atoms with Crippen LogP contribution >= 0.6 is 0 Å². The number of nitrogens with zero attached hydrogens (tertiary/aromatic N) is 2. The van der Waals surface area contributed by atoms with Crippen LogP contribution in [0.5, 0.6) is 0 Å². The zero-order valence-electron chi connectivity index (χ0n) is 12.1. The van der Waals surface area contributed by atoms with Crippen molar-refractivity contribution in [1.29, 1.82) is 0 Å². The van der Waals surface area contributed by atoms with Crippen LogP contribution < -0.4 is 5.73 Å². The third kappa shape index (κ3) is 3.12. The van der Waals surface area contributed by atoms with Crippen molar-refractivity contribution in [1.82, 2.24) is 4.90 Å². The lowest BCUT2D eigenvalue weighted by Gasteiger charge is -2.38. The monoisotopic (exact) mass is 295 g/mol. The summed E-state index contributed by atoms with van der Waals surface area (Å²) in [6, 6.07) is 1.76. The van der Waals surface area contributed by atoms with Gasteiger partial charge < -0.3 is 10.6 Å². The summed E-state index contributed by atoms with van der Waals surface area (Å²) in [5.41, 5.74) is 4.44. The number of nitro groups is 1. The van der Waals surface area contributed by atoms with Gasteiger partial charge in [0, 0.05) is 13.1 Å². The second-order valence-electron chi connectivity index (χ2n) is 6.14. The Balaban J connectivity index is 2.39. The molecular weight excluding hydrogens is 277 g/mol. The smallest absolute Gasteiger partial charge is 0.285 e. The maximum Gasteiger partial charge on any atom is 0.285 e. The van der Waals surface area contributed by atoms with E-state index in [-0.39, 0.29) is 16.7 Å². The maximum absolute atomic E-state index is 13.4. The van der Waals surface area contributed by atoms with Crippen LogP contribution in [-0.4, -0.2) is 28.8 Å². The number of benzene rings is 1. The number of carbonyl (C=O) groups is 1. The molecule has 1 amide bonds. The molecule has 0 saturated carbocycles. The lowest BCUT2D eigenvalue weighted by atomic mass is 9.84. The highest BCUT2D eigenvalue weighted by Gasteiger charge is 2.33. The fourth-order valence-corrected chi connectivity index (χ4v) is 2.67. The van der Waals surface area contributed by atoms with Gasteiger partial charge in [-0.2, -0.15) is 0 Å². The summed E-state index contributed by atoms with van der Waals surface area (Å²) in [6.07, 6.45) is 1.83. The van der Waals surface area contributed by atoms with Crippen molar-refractivity contribution in [2.24, 2.45) is 5.41 Å². The average Bonchev–Trinajstić information content (AvgIpc) is 2.39. The highest BCUT2D eigenvalue weighted by molar-refractivity contribution is 5.99. The van der Waals surface area contributed by atoms with E-state index in [1.54, 1.807) is 4.90 Å². The minimum absolute atomic E-state index is 0.0335. The first kappa shape index (κ1) is 15.2. The van der Waals surface area contributed by atoms with Crippen molar-refractivity contribution in [2.45, 2.75) is 26.7 Å². The van der Waals surface area contributed by atoms with E-state index >= 15 is 0 Å². The van der Waals surface area contributed by atoms with Gasteiger partial charge in [0.1, 0.15) is 5.56 Å². The van der Waals surface area contributed by atoms with E-state index in [1.165, 1.54) is 0 Å². The van der Waals surface area contributed by atoms with Crippen molar-refractivity contribution in [3.63, 3.8) is 0 Å². The molecule has 0 bridgehead atoms. The van der Waals surface area contributed by atoms with Crippen molar-refractivity contribution in [3.8, 4) is 0 Å². The zero-order valence-corrected chi connectivity index (χ0v) is 12.1. The number of carbonyl (C=O) groups excluding carboxylic acids is 1. The predicted octanol–water partition coefficient (Wildman–Crippen LogP) is 2.58. The van der Waals surface area contributed by atoms with Gasteiger partial charge in [0.25, 0.3) is 11.6 Å². The number of amides is 1. The molecule has 0 unspecified atom stereocenters. The van der Waals surface area contributed by atoms with Gasteiger partial charge in [-0.25, -0.2) is 4.39 Å². The number of rotatable bonds is 2. The normalized spacial score (nSPS) is 17.6. The summed E-state index contributed by atoms with van der Waals surface area (Å²) in [6.45, 7) is 5.14. The maximum atomic E-state index is 13.4. The first-order valence-corrected chi connectivity index (χ1v) is 6.74. The number of nitrogens with two attached hydrogens (primary N) is 1. The van der Waals surface area contributed by atoms with E-state index in [9.17, 15) is 19.3 Å². The van der Waals surface area contributed by atoms with Gasteiger partial charge in [0.15, 0.2) is 5.82 Å². The molecule has 1 saturated heterocycles. The van der Waals surface area contributed by atoms with Crippen molar-refractivity contribution < 1.29 is 14.1 Å². The largest absolute Gasteiger partial charge is 0.396 e. The number of halogens is 1. The molecule has 7 heteroatoms. The Hall–Kier alpha value is -2.18. The minimum atomic E-state index is -0.891. The van der Waals surface area contributed by atoms with Crippen LogP contribution in [0.3, 0.4) is 0 Å². The topological polar surface area (TPSA) is 89.5 Å². The standard InChI is InChI=1S/C14H18FN3O3/c1-14(2)4-3-5-17(8-14)13(19)9-6-11(16)10(15)7-12(9)18(20)21/h6-7H,3-5,8,16H2,1-2H3. The predicted molar refractivity (Wildman–Crippen MR) is 76.4 cm³/mol. The van der Waals surface area contributed by atoms with Gasteiger partial charge in [-0.3, -0.25) is 14.9 Å². The fourth-order valence-electron chi connectivity index (χ4n) is 2.67. The van der Waals surface area contributed by atoms with Crippen molar-refractivity contribution in [3.05, 3.63) is 33.6 Å². The summed E-state index contributed by atoms with van der Waals surface area (Å²) in [4.78, 5) is 24.4. The second-order valence-corrected chi connectivity index (χ2v) is 6.14. The molecule has 1 aromatic rings. The van der Waals surface area contributed by atoms with Gasteiger partial charge in [-0.1, -0.05) is 13.8 Å². The van der Waals surface area contributed by atoms with Crippen LogP contribution in [0.2, 0.25) is 0 Å². The summed E-state index contributed by atoms with van der Waals surface area (Å²) in [5.74, 6) is -1.36. The van der Waals surface area contributed by atoms with Gasteiger partial charge in [0.05, 0.1) is 16.7 Å². The van der Waals surface area contributed by atoms with Crippen LogP contribution in [0, 0.1) is 21.3 Å². The summed E-state index contributed by atoms with van der Waals surface area (Å²) in [7, 11) is 0. The molecule has 0 spiro atoms. The third-order valence-electron chi connectivity index (χ3n) is 3.73. The Morgan fingerprint density at radius 3 is 2.71 bits per heavy atom. The number of piperidine rings is 1. The molecule has 114 valence electrons. The zero-order chi connectivity index (χ0) is 15.8. The van der Waals surface area contributed by atoms with Crippen molar-refractivity contribution >= 4 is 17.3 Å². The third-order valence-corrected chi connectivity index (χ3v) is 3.73. The Labute approximate surface area is 121 Å². The van der Waals surface area contributed by atoms with Crippen LogP contribution in [0.4, 0.5) is 15.8 Å². The van der Waals surface area contributed by atoms with E-state index in [0.29, 0.717) is 19.2 Å². The highest BCUT2D eigenvalue weighted by Crippen LogP contribution is 2.31. The molecule has 0 atom stereocenters. The van der Waals surface area contributed by atoms with Crippen LogP contribution in [-0.2, 0) is 0 Å². The number of nitro benzene ring substituents is 1. The van der Waals surface area contributed by atoms with E-state index in [1.807, 2.05) is 13.8 Å². The molecule has 2 N–H and O–H groups in total. The van der Waals surface area contributed by atoms with E-state index in [0.717, 1.165) is 18.9 Å². The van der Waals surface area contributed by atoms with Gasteiger partial charge in [0.2, 0.25) is 0 Å². The quantitative estimate of drug-likeness (QED) is 0.516. The molecule has 1 fully saturated rings. The van der Waals surface area contributed by atoms with Crippen molar-refractivity contribution in [2.75, 3.05) is 18.8 Å². The fraction of sp³-hybridized carbons (Fsp3) is 0.500. The Kier molecular flexibility index (Phi) is 3.85. The molecule has 2 rings (SSSR count). The molecular formula is C14H18FN3O3. The minimum Gasteiger partial charge on any atom is -0.396 e. The lowest BCUT2D eigenvalue weighted by Crippen LogP contribution is -2.43. The Bertz CT molecular complexity index is 601. The first-order valence-electron chi connectivity index (χ1n) is 6.74. The molecule has 0 aliphatic carbocycles. The number of nitrogen functional groups attached to an aromatic ring is 1. The SMILES string of the molecule is CC1(C)CCCN(C(=O)c2cc(N)c(F)cc2[N+](=O)[O-])C1. The van der Waals surface area contributed by atoms with Gasteiger partial charge in [-0.15, -0.1) is 0 Å². The summed E-state index contributed by atoms with van der Waals surface area (Å²) in [5, 5.41) is 11.0. The summed E-state index contributed by atoms with van der Waals surface area (Å²) >= 11 is 0. The molecule has 0 radical (unpaired) electrons. The van der Waals surface area contributed by atoms with E-state index in [2.05, 4.69) is 0 Å². The molecule has 21 heavy (non-hydrogen) atoms. The molecule has 1 aromatic carbocycles. The Morgan fingerprint density at radius 1 is 1.48 bits per heavy atom. The first-order chi connectivity index (χ1) is 9.71. The number of likely N-dealkylation sites (tertiary alicyclic amines) is 1. The number of hydrogen-bond acceptors (Lipinski definition) is 4. The number of hydrogen-bond donors (Lipinski definition) is 1. The average molecular weight is 295 g/mol. The van der Waals surface area contributed by atoms with Crippen LogP contribution in [0.25, 0.3) is 0 Å². The summed E-state index contributed by atoms with van der Waals surface area (Å²) < 4.78 is 13.4. The molecule has 6 nitrogen and oxygen atoms in total. The molecule has 1 aliphatic heterocycles. The molecule has 0 aromatic heterocycles. The van der Waals surface area contributed by atoms with Gasteiger partial charge >= 0.3 is 0 Å². The highest BCUT2D eigenvalue weighted by atomic mass is 19.1. The van der Waals surface area contributed by atoms with Crippen LogP contribution in [0.15, 0.2) is 12.1 Å². The van der Waals surface area contributed by atoms with Crippen LogP contribution in [0.1, 0.15) is 37.0 Å². The Morgan fingerprint density at radius 2 is 2.14 bits per heavy atom. The van der Waals surface area contributed by atoms with E-state index < -0.39 is 22.3 Å². The number of anilines is 1. The van der Waals surface area contributed by atoms with Gasteiger partial charge in [-0.05, 0) is 24.3 Å². The molecule has 1 aliphatic rings. The molecule has 1 heterocycles. The second kappa shape index (κ2) is 5.31.